The van der Waals surface area contributed by atoms with E-state index in [1.54, 1.807) is 23.1 Å². The van der Waals surface area contributed by atoms with Crippen LogP contribution >= 0.6 is 0 Å². The third-order valence-electron chi connectivity index (χ3n) is 4.99. The fourth-order valence-electron chi connectivity index (χ4n) is 3.58. The maximum Gasteiger partial charge on any atom is 0.416 e. The molecule has 3 rings (SSSR count). The number of alkyl halides is 3. The molecule has 3 nitrogen and oxygen atoms in total. The Kier molecular flexibility index (Phi) is 5.73. The van der Waals surface area contributed by atoms with Crippen LogP contribution in [0.1, 0.15) is 40.7 Å². The van der Waals surface area contributed by atoms with Crippen molar-refractivity contribution in [2.45, 2.75) is 31.9 Å². The molecule has 0 radical (unpaired) electrons. The number of phenols is 1. The van der Waals surface area contributed by atoms with Crippen LogP contribution in [0, 0.1) is 5.92 Å². The summed E-state index contributed by atoms with van der Waals surface area (Å²) in [4.78, 5) is 14.4. The highest BCUT2D eigenvalue weighted by Gasteiger charge is 2.30. The van der Waals surface area contributed by atoms with Gasteiger partial charge < -0.3 is 10.0 Å². The summed E-state index contributed by atoms with van der Waals surface area (Å²) >= 11 is 0. The molecule has 1 saturated heterocycles. The summed E-state index contributed by atoms with van der Waals surface area (Å²) in [5, 5.41) is 9.55. The highest BCUT2D eigenvalue weighted by Crippen LogP contribution is 2.30. The summed E-state index contributed by atoms with van der Waals surface area (Å²) in [6, 6.07) is 11.7. The van der Waals surface area contributed by atoms with Crippen LogP contribution in [0.15, 0.2) is 48.5 Å². The predicted molar refractivity (Wildman–Crippen MR) is 96.5 cm³/mol. The average Bonchev–Trinajstić information content (AvgIpc) is 2.65. The van der Waals surface area contributed by atoms with Crippen molar-refractivity contribution in [3.8, 4) is 5.75 Å². The molecule has 0 saturated carbocycles. The molecule has 0 aromatic heterocycles. The largest absolute Gasteiger partial charge is 0.508 e. The number of benzene rings is 2. The highest BCUT2D eigenvalue weighted by molar-refractivity contribution is 5.94. The number of piperidine rings is 1. The fraction of sp³-hybridized carbons (Fsp3) is 0.381. The summed E-state index contributed by atoms with van der Waals surface area (Å²) in [6.07, 6.45) is -1.19. The van der Waals surface area contributed by atoms with Crippen molar-refractivity contribution in [2.24, 2.45) is 5.92 Å². The van der Waals surface area contributed by atoms with E-state index in [0.29, 0.717) is 30.6 Å². The van der Waals surface area contributed by atoms with E-state index in [2.05, 4.69) is 0 Å². The number of amides is 1. The van der Waals surface area contributed by atoms with Crippen molar-refractivity contribution < 1.29 is 23.1 Å². The Balaban J connectivity index is 1.60. The second kappa shape index (κ2) is 8.03. The number of hydrogen-bond acceptors (Lipinski definition) is 2. The zero-order chi connectivity index (χ0) is 19.4. The van der Waals surface area contributed by atoms with E-state index in [-0.39, 0.29) is 17.6 Å². The Bertz CT molecular complexity index is 804. The lowest BCUT2D eigenvalue weighted by molar-refractivity contribution is -0.137. The maximum atomic E-state index is 12.8. The lowest BCUT2D eigenvalue weighted by Gasteiger charge is -2.33. The lowest BCUT2D eigenvalue weighted by atomic mass is 9.91. The molecule has 0 spiro atoms. The van der Waals surface area contributed by atoms with E-state index in [1.165, 1.54) is 24.3 Å². The fourth-order valence-corrected chi connectivity index (χ4v) is 3.58. The molecule has 1 atom stereocenters. The zero-order valence-corrected chi connectivity index (χ0v) is 14.9. The molecule has 1 heterocycles. The number of carbonyl (C=O) groups is 1. The molecule has 0 bridgehead atoms. The molecular formula is C21H22F3NO2. The summed E-state index contributed by atoms with van der Waals surface area (Å²) in [5.74, 6) is 0.197. The Labute approximate surface area is 156 Å². The van der Waals surface area contributed by atoms with Crippen LogP contribution in [0.25, 0.3) is 0 Å². The van der Waals surface area contributed by atoms with Crippen molar-refractivity contribution in [3.05, 3.63) is 65.2 Å². The van der Waals surface area contributed by atoms with Crippen molar-refractivity contribution in [1.29, 1.82) is 0 Å². The predicted octanol–water partition coefficient (Wildman–Crippen LogP) is 4.90. The molecule has 1 aliphatic heterocycles. The first kappa shape index (κ1) is 19.3. The number of phenolic OH excluding ortho intramolecular Hbond substituents is 1. The highest BCUT2D eigenvalue weighted by atomic mass is 19.4. The number of hydrogen-bond donors (Lipinski definition) is 1. The van der Waals surface area contributed by atoms with Crippen LogP contribution in [0.4, 0.5) is 13.2 Å². The SMILES string of the molecule is O=C(c1cccc(O)c1)N1CCC[C@H](CCc2cccc(C(F)(F)F)c2)C1. The van der Waals surface area contributed by atoms with Gasteiger partial charge in [-0.1, -0.05) is 24.3 Å². The number of rotatable bonds is 4. The summed E-state index contributed by atoms with van der Waals surface area (Å²) in [5.41, 5.74) is 0.499. The monoisotopic (exact) mass is 377 g/mol. The van der Waals surface area contributed by atoms with Gasteiger partial charge in [-0.2, -0.15) is 13.2 Å². The molecule has 27 heavy (non-hydrogen) atoms. The van der Waals surface area contributed by atoms with E-state index in [0.717, 1.165) is 25.3 Å². The van der Waals surface area contributed by atoms with Crippen LogP contribution in [-0.2, 0) is 12.6 Å². The van der Waals surface area contributed by atoms with Gasteiger partial charge in [0.05, 0.1) is 5.56 Å². The van der Waals surface area contributed by atoms with Crippen LogP contribution in [0.5, 0.6) is 5.75 Å². The molecule has 1 aliphatic rings. The molecular weight excluding hydrogens is 355 g/mol. The Morgan fingerprint density at radius 3 is 2.67 bits per heavy atom. The quantitative estimate of drug-likeness (QED) is 0.824. The molecule has 1 N–H and O–H groups in total. The molecule has 2 aromatic carbocycles. The minimum atomic E-state index is -4.33. The van der Waals surface area contributed by atoms with Gasteiger partial charge in [-0.25, -0.2) is 0 Å². The number of likely N-dealkylation sites (tertiary alicyclic amines) is 1. The number of nitrogens with zero attached hydrogens (tertiary/aromatic N) is 1. The molecule has 1 amide bonds. The van der Waals surface area contributed by atoms with Crippen LogP contribution < -0.4 is 0 Å². The molecule has 0 unspecified atom stereocenters. The summed E-state index contributed by atoms with van der Waals surface area (Å²) < 4.78 is 38.5. The molecule has 2 aromatic rings. The van der Waals surface area contributed by atoms with E-state index < -0.39 is 11.7 Å². The third-order valence-corrected chi connectivity index (χ3v) is 4.99. The van der Waals surface area contributed by atoms with Gasteiger partial charge in [0.1, 0.15) is 5.75 Å². The van der Waals surface area contributed by atoms with E-state index in [9.17, 15) is 23.1 Å². The van der Waals surface area contributed by atoms with Crippen molar-refractivity contribution in [3.63, 3.8) is 0 Å². The van der Waals surface area contributed by atoms with Gasteiger partial charge in [-0.05, 0) is 61.4 Å². The van der Waals surface area contributed by atoms with Crippen LogP contribution in [0.2, 0.25) is 0 Å². The zero-order valence-electron chi connectivity index (χ0n) is 14.9. The Morgan fingerprint density at radius 2 is 1.93 bits per heavy atom. The normalized spacial score (nSPS) is 17.7. The number of aryl methyl sites for hydroxylation is 1. The van der Waals surface area contributed by atoms with Crippen molar-refractivity contribution >= 4 is 5.91 Å². The Morgan fingerprint density at radius 1 is 1.15 bits per heavy atom. The number of carbonyl (C=O) groups excluding carboxylic acids is 1. The molecule has 1 fully saturated rings. The topological polar surface area (TPSA) is 40.5 Å². The van der Waals surface area contributed by atoms with Crippen LogP contribution in [0.3, 0.4) is 0 Å². The Hall–Kier alpha value is -2.50. The van der Waals surface area contributed by atoms with Gasteiger partial charge in [0.25, 0.3) is 5.91 Å². The number of aromatic hydroxyl groups is 1. The van der Waals surface area contributed by atoms with E-state index in [4.69, 9.17) is 0 Å². The maximum absolute atomic E-state index is 12.8. The number of halogens is 3. The molecule has 6 heteroatoms. The second-order valence-corrected chi connectivity index (χ2v) is 7.05. The van der Waals surface area contributed by atoms with Gasteiger partial charge in [0.15, 0.2) is 0 Å². The lowest BCUT2D eigenvalue weighted by Crippen LogP contribution is -2.40. The minimum absolute atomic E-state index is 0.0546. The minimum Gasteiger partial charge on any atom is -0.508 e. The smallest absolute Gasteiger partial charge is 0.416 e. The standard InChI is InChI=1S/C21H22F3NO2/c22-21(23,24)18-7-1-4-15(12-18)9-10-16-5-3-11-25(14-16)20(27)17-6-2-8-19(26)13-17/h1-2,4,6-8,12-13,16,26H,3,5,9-11,14H2/t16-/m1/s1. The van der Waals surface area contributed by atoms with Gasteiger partial charge in [-0.15, -0.1) is 0 Å². The van der Waals surface area contributed by atoms with Gasteiger partial charge in [0, 0.05) is 18.7 Å². The summed E-state index contributed by atoms with van der Waals surface area (Å²) in [6.45, 7) is 1.25. The van der Waals surface area contributed by atoms with Crippen molar-refractivity contribution in [1.82, 2.24) is 4.90 Å². The first-order valence-electron chi connectivity index (χ1n) is 9.07. The third kappa shape index (κ3) is 5.02. The van der Waals surface area contributed by atoms with Crippen molar-refractivity contribution in [2.75, 3.05) is 13.1 Å². The summed E-state index contributed by atoms with van der Waals surface area (Å²) in [7, 11) is 0. The van der Waals surface area contributed by atoms with Crippen LogP contribution in [-0.4, -0.2) is 29.0 Å². The van der Waals surface area contributed by atoms with E-state index in [1.807, 2.05) is 0 Å². The first-order chi connectivity index (χ1) is 12.8. The average molecular weight is 377 g/mol. The van der Waals surface area contributed by atoms with E-state index >= 15 is 0 Å². The van der Waals surface area contributed by atoms with Gasteiger partial charge in [0.2, 0.25) is 0 Å². The van der Waals surface area contributed by atoms with Gasteiger partial charge in [-0.3, -0.25) is 4.79 Å². The molecule has 0 aliphatic carbocycles. The second-order valence-electron chi connectivity index (χ2n) is 7.05. The van der Waals surface area contributed by atoms with Gasteiger partial charge >= 0.3 is 6.18 Å². The molecule has 144 valence electrons. The first-order valence-corrected chi connectivity index (χ1v) is 9.07.